The maximum absolute atomic E-state index is 13.0. The minimum atomic E-state index is -0.466. The summed E-state index contributed by atoms with van der Waals surface area (Å²) in [7, 11) is 0. The standard InChI is InChI=1S/C33H49N5O3/c1-33(2,3)41-32(40)38-22-20-37(21-23-38)19-11-10-18-34-31(39)27-16-17-29(36-28-14-8-5-9-15-28)30(24-27)35-25-26-12-6-4-7-13-26/h4,6-7,12-13,16-17,24,28,35-36H,5,8-11,14-15,18-23,25H2,1-3H3,(H,34,39). The smallest absolute Gasteiger partial charge is 0.410 e. The highest BCUT2D eigenvalue weighted by molar-refractivity contribution is 5.96. The molecule has 1 saturated carbocycles. The summed E-state index contributed by atoms with van der Waals surface area (Å²) in [4.78, 5) is 29.5. The van der Waals surface area contributed by atoms with Crippen LogP contribution in [0.5, 0.6) is 0 Å². The van der Waals surface area contributed by atoms with E-state index >= 15 is 0 Å². The molecule has 1 aliphatic carbocycles. The molecule has 0 radical (unpaired) electrons. The molecule has 4 rings (SSSR count). The van der Waals surface area contributed by atoms with E-state index in [1.54, 1.807) is 4.90 Å². The molecular weight excluding hydrogens is 514 g/mol. The number of benzene rings is 2. The van der Waals surface area contributed by atoms with Gasteiger partial charge in [0.25, 0.3) is 5.91 Å². The van der Waals surface area contributed by atoms with Gasteiger partial charge in [-0.1, -0.05) is 49.6 Å². The van der Waals surface area contributed by atoms with Crippen LogP contribution in [0.15, 0.2) is 48.5 Å². The third kappa shape index (κ3) is 10.3. The number of nitrogens with one attached hydrogen (secondary N) is 3. The first kappa shape index (κ1) is 30.7. The van der Waals surface area contributed by atoms with Crippen LogP contribution in [0.25, 0.3) is 0 Å². The summed E-state index contributed by atoms with van der Waals surface area (Å²) in [6.07, 6.45) is 7.94. The predicted octanol–water partition coefficient (Wildman–Crippen LogP) is 6.11. The molecule has 0 bridgehead atoms. The Hall–Kier alpha value is -3.26. The monoisotopic (exact) mass is 563 g/mol. The van der Waals surface area contributed by atoms with Crippen LogP contribution >= 0.6 is 0 Å². The lowest BCUT2D eigenvalue weighted by molar-refractivity contribution is 0.0144. The summed E-state index contributed by atoms with van der Waals surface area (Å²) in [5.74, 6) is -0.0389. The number of nitrogens with zero attached hydrogens (tertiary/aromatic N) is 2. The van der Waals surface area contributed by atoms with Crippen molar-refractivity contribution in [3.8, 4) is 0 Å². The van der Waals surface area contributed by atoms with E-state index in [0.29, 0.717) is 37.8 Å². The SMILES string of the molecule is CC(C)(C)OC(=O)N1CCN(CCCCNC(=O)c2ccc(NC3CCCCC3)c(NCc3ccccc3)c2)CC1. The van der Waals surface area contributed by atoms with Gasteiger partial charge in [-0.2, -0.15) is 0 Å². The van der Waals surface area contributed by atoms with Gasteiger partial charge in [0.1, 0.15) is 5.60 Å². The molecule has 0 spiro atoms. The molecule has 0 aromatic heterocycles. The predicted molar refractivity (Wildman–Crippen MR) is 167 cm³/mol. The van der Waals surface area contributed by atoms with Crippen LogP contribution in [0.2, 0.25) is 0 Å². The molecule has 8 heteroatoms. The zero-order valence-electron chi connectivity index (χ0n) is 25.2. The van der Waals surface area contributed by atoms with E-state index < -0.39 is 5.60 Å². The van der Waals surface area contributed by atoms with E-state index in [-0.39, 0.29) is 12.0 Å². The first-order valence-corrected chi connectivity index (χ1v) is 15.4. The molecule has 2 amide bonds. The molecule has 1 aliphatic heterocycles. The van der Waals surface area contributed by atoms with Crippen LogP contribution in [-0.4, -0.2) is 72.7 Å². The molecule has 224 valence electrons. The van der Waals surface area contributed by atoms with Gasteiger partial charge in [-0.25, -0.2) is 4.79 Å². The van der Waals surface area contributed by atoms with E-state index in [4.69, 9.17) is 4.74 Å². The summed E-state index contributed by atoms with van der Waals surface area (Å²) in [5.41, 5.74) is 3.45. The number of carbonyl (C=O) groups is 2. The normalized spacial score (nSPS) is 16.7. The lowest BCUT2D eigenvalue weighted by atomic mass is 9.95. The molecule has 2 fully saturated rings. The fourth-order valence-corrected chi connectivity index (χ4v) is 5.46. The van der Waals surface area contributed by atoms with Crippen molar-refractivity contribution in [1.82, 2.24) is 15.1 Å². The number of carbonyl (C=O) groups excluding carboxylic acids is 2. The molecule has 8 nitrogen and oxygen atoms in total. The molecular formula is C33H49N5O3. The second-order valence-electron chi connectivity index (χ2n) is 12.4. The molecule has 2 aromatic carbocycles. The van der Waals surface area contributed by atoms with E-state index in [2.05, 4.69) is 33.0 Å². The van der Waals surface area contributed by atoms with Crippen LogP contribution in [-0.2, 0) is 11.3 Å². The number of hydrogen-bond donors (Lipinski definition) is 3. The summed E-state index contributed by atoms with van der Waals surface area (Å²) >= 11 is 0. The van der Waals surface area contributed by atoms with Crippen molar-refractivity contribution in [2.75, 3.05) is 49.9 Å². The highest BCUT2D eigenvalue weighted by Crippen LogP contribution is 2.28. The van der Waals surface area contributed by atoms with Crippen LogP contribution in [0.1, 0.15) is 81.6 Å². The minimum Gasteiger partial charge on any atom is -0.444 e. The van der Waals surface area contributed by atoms with Gasteiger partial charge >= 0.3 is 6.09 Å². The highest BCUT2D eigenvalue weighted by Gasteiger charge is 2.25. The van der Waals surface area contributed by atoms with Gasteiger partial charge in [-0.05, 0) is 76.8 Å². The largest absolute Gasteiger partial charge is 0.444 e. The Morgan fingerprint density at radius 1 is 0.902 bits per heavy atom. The topological polar surface area (TPSA) is 85.9 Å². The zero-order valence-corrected chi connectivity index (χ0v) is 25.2. The van der Waals surface area contributed by atoms with Crippen LogP contribution in [0.4, 0.5) is 16.2 Å². The van der Waals surface area contributed by atoms with Crippen molar-refractivity contribution in [3.63, 3.8) is 0 Å². The summed E-state index contributed by atoms with van der Waals surface area (Å²) < 4.78 is 5.49. The Bertz CT molecular complexity index is 1100. The molecule has 0 unspecified atom stereocenters. The van der Waals surface area contributed by atoms with E-state index in [1.807, 2.05) is 57.2 Å². The van der Waals surface area contributed by atoms with Gasteiger partial charge in [0.05, 0.1) is 11.4 Å². The molecule has 2 aliphatic rings. The Kier molecular flexibility index (Phi) is 11.3. The zero-order chi connectivity index (χ0) is 29.1. The summed E-state index contributed by atoms with van der Waals surface area (Å²) in [6.45, 7) is 11.1. The van der Waals surface area contributed by atoms with Gasteiger partial charge in [-0.15, -0.1) is 0 Å². The van der Waals surface area contributed by atoms with Crippen molar-refractivity contribution in [2.24, 2.45) is 0 Å². The van der Waals surface area contributed by atoms with Crippen LogP contribution < -0.4 is 16.0 Å². The summed E-state index contributed by atoms with van der Waals surface area (Å²) in [6, 6.07) is 16.8. The first-order valence-electron chi connectivity index (χ1n) is 15.4. The average molecular weight is 564 g/mol. The third-order valence-electron chi connectivity index (χ3n) is 7.78. The number of amides is 2. The number of anilines is 2. The summed E-state index contributed by atoms with van der Waals surface area (Å²) in [5, 5.41) is 10.4. The molecule has 41 heavy (non-hydrogen) atoms. The molecule has 0 atom stereocenters. The maximum Gasteiger partial charge on any atom is 0.410 e. The number of ether oxygens (including phenoxy) is 1. The maximum atomic E-state index is 13.0. The third-order valence-corrected chi connectivity index (χ3v) is 7.78. The van der Waals surface area contributed by atoms with Crippen molar-refractivity contribution in [3.05, 3.63) is 59.7 Å². The van der Waals surface area contributed by atoms with E-state index in [1.165, 1.54) is 37.7 Å². The van der Waals surface area contributed by atoms with Crippen LogP contribution in [0, 0.1) is 0 Å². The molecule has 1 heterocycles. The molecule has 1 saturated heterocycles. The lowest BCUT2D eigenvalue weighted by Crippen LogP contribution is -2.50. The Morgan fingerprint density at radius 2 is 1.63 bits per heavy atom. The fraction of sp³-hybridized carbons (Fsp3) is 0.576. The first-order chi connectivity index (χ1) is 19.8. The highest BCUT2D eigenvalue weighted by atomic mass is 16.6. The fourth-order valence-electron chi connectivity index (χ4n) is 5.46. The van der Waals surface area contributed by atoms with E-state index in [0.717, 1.165) is 43.9 Å². The number of unbranched alkanes of at least 4 members (excludes halogenated alkanes) is 1. The Balaban J connectivity index is 1.22. The second kappa shape index (κ2) is 15.1. The van der Waals surface area contributed by atoms with Crippen molar-refractivity contribution in [1.29, 1.82) is 0 Å². The van der Waals surface area contributed by atoms with Gasteiger partial charge in [0, 0.05) is 50.9 Å². The van der Waals surface area contributed by atoms with Crippen LogP contribution in [0.3, 0.4) is 0 Å². The number of hydrogen-bond acceptors (Lipinski definition) is 6. The van der Waals surface area contributed by atoms with Crippen molar-refractivity contribution >= 4 is 23.4 Å². The second-order valence-corrected chi connectivity index (χ2v) is 12.4. The lowest BCUT2D eigenvalue weighted by Gasteiger charge is -2.35. The Morgan fingerprint density at radius 3 is 2.34 bits per heavy atom. The van der Waals surface area contributed by atoms with E-state index in [9.17, 15) is 9.59 Å². The quantitative estimate of drug-likeness (QED) is 0.286. The molecule has 3 N–H and O–H groups in total. The Labute approximate surface area is 246 Å². The van der Waals surface area contributed by atoms with Gasteiger partial charge < -0.3 is 25.6 Å². The number of piperazine rings is 1. The molecule has 2 aromatic rings. The van der Waals surface area contributed by atoms with Gasteiger partial charge in [0.2, 0.25) is 0 Å². The van der Waals surface area contributed by atoms with Crippen molar-refractivity contribution < 1.29 is 14.3 Å². The van der Waals surface area contributed by atoms with Gasteiger partial charge in [0.15, 0.2) is 0 Å². The van der Waals surface area contributed by atoms with Crippen molar-refractivity contribution in [2.45, 2.75) is 83.9 Å². The van der Waals surface area contributed by atoms with Gasteiger partial charge in [-0.3, -0.25) is 9.69 Å². The minimum absolute atomic E-state index is 0.0389. The number of rotatable bonds is 11. The average Bonchev–Trinajstić information content (AvgIpc) is 2.97.